The van der Waals surface area contributed by atoms with Crippen LogP contribution in [0.25, 0.3) is 11.1 Å². The second-order valence-corrected chi connectivity index (χ2v) is 7.88. The molecule has 2 amide bonds. The Balaban J connectivity index is 1.61. The van der Waals surface area contributed by atoms with Gasteiger partial charge in [0, 0.05) is 5.92 Å². The number of carbonyl (C=O) groups is 4. The van der Waals surface area contributed by atoms with E-state index < -0.39 is 42.9 Å². The predicted octanol–water partition coefficient (Wildman–Crippen LogP) is 2.44. The summed E-state index contributed by atoms with van der Waals surface area (Å²) in [5, 5.41) is 13.7. The number of carboxylic acid groups (broad SMARTS) is 1. The standard InChI is InChI=1S/C24H26N2O7/c1-14(2)33-22(29)12-25-23(30)20(11-21(27)28)26-24(31)32-13-19-17-9-5-3-7-15(17)16-8-4-6-10-18(16)19/h3-10,14,19-20H,11-13H2,1-2H3,(H,25,30)(H,26,31)(H,27,28). The highest BCUT2D eigenvalue weighted by atomic mass is 16.6. The van der Waals surface area contributed by atoms with Crippen molar-refractivity contribution in [3.05, 3.63) is 59.7 Å². The van der Waals surface area contributed by atoms with Crippen molar-refractivity contribution in [3.63, 3.8) is 0 Å². The van der Waals surface area contributed by atoms with Crippen molar-refractivity contribution in [2.45, 2.75) is 38.3 Å². The minimum Gasteiger partial charge on any atom is -0.481 e. The number of rotatable bonds is 9. The number of benzene rings is 2. The van der Waals surface area contributed by atoms with E-state index in [1.807, 2.05) is 48.5 Å². The number of nitrogens with one attached hydrogen (secondary N) is 2. The lowest BCUT2D eigenvalue weighted by Crippen LogP contribution is -2.49. The molecule has 0 aromatic heterocycles. The highest BCUT2D eigenvalue weighted by molar-refractivity contribution is 5.91. The summed E-state index contributed by atoms with van der Waals surface area (Å²) in [4.78, 5) is 47.5. The van der Waals surface area contributed by atoms with Crippen LogP contribution in [-0.2, 0) is 23.9 Å². The van der Waals surface area contributed by atoms with E-state index in [1.54, 1.807) is 13.8 Å². The fourth-order valence-corrected chi connectivity index (χ4v) is 3.75. The first kappa shape index (κ1) is 23.8. The molecule has 9 nitrogen and oxygen atoms in total. The monoisotopic (exact) mass is 454 g/mol. The second-order valence-electron chi connectivity index (χ2n) is 7.88. The molecule has 2 aromatic rings. The minimum atomic E-state index is -1.41. The molecular weight excluding hydrogens is 428 g/mol. The van der Waals surface area contributed by atoms with Crippen LogP contribution in [0.2, 0.25) is 0 Å². The van der Waals surface area contributed by atoms with E-state index in [1.165, 1.54) is 0 Å². The van der Waals surface area contributed by atoms with Gasteiger partial charge in [0.2, 0.25) is 5.91 Å². The lowest BCUT2D eigenvalue weighted by Gasteiger charge is -2.18. The minimum absolute atomic E-state index is 0.0159. The molecule has 1 aliphatic rings. The molecule has 0 fully saturated rings. The number of alkyl carbamates (subject to hydrolysis) is 1. The van der Waals surface area contributed by atoms with Crippen molar-refractivity contribution in [3.8, 4) is 11.1 Å². The summed E-state index contributed by atoms with van der Waals surface area (Å²) in [6, 6.07) is 14.2. The summed E-state index contributed by atoms with van der Waals surface area (Å²) in [7, 11) is 0. The Labute approximate surface area is 191 Å². The van der Waals surface area contributed by atoms with Gasteiger partial charge < -0.3 is 25.2 Å². The van der Waals surface area contributed by atoms with Gasteiger partial charge in [-0.25, -0.2) is 4.79 Å². The molecule has 174 valence electrons. The van der Waals surface area contributed by atoms with Crippen LogP contribution < -0.4 is 10.6 Å². The number of hydrogen-bond acceptors (Lipinski definition) is 6. The molecule has 2 aromatic carbocycles. The molecule has 0 spiro atoms. The van der Waals surface area contributed by atoms with Crippen molar-refractivity contribution < 1.29 is 33.8 Å². The first-order valence-corrected chi connectivity index (χ1v) is 10.6. The highest BCUT2D eigenvalue weighted by Gasteiger charge is 2.30. The van der Waals surface area contributed by atoms with Gasteiger partial charge in [0.25, 0.3) is 0 Å². The fourth-order valence-electron chi connectivity index (χ4n) is 3.75. The molecule has 1 unspecified atom stereocenters. The maximum atomic E-state index is 12.4. The summed E-state index contributed by atoms with van der Waals surface area (Å²) in [6.07, 6.45) is -1.96. The molecule has 1 aliphatic carbocycles. The van der Waals surface area contributed by atoms with E-state index in [4.69, 9.17) is 14.6 Å². The maximum absolute atomic E-state index is 12.4. The summed E-state index contributed by atoms with van der Waals surface area (Å²) in [6.45, 7) is 2.89. The van der Waals surface area contributed by atoms with Gasteiger partial charge in [-0.2, -0.15) is 0 Å². The number of esters is 1. The lowest BCUT2D eigenvalue weighted by atomic mass is 9.98. The van der Waals surface area contributed by atoms with Crippen LogP contribution in [0.3, 0.4) is 0 Å². The molecule has 0 aliphatic heterocycles. The molecule has 33 heavy (non-hydrogen) atoms. The topological polar surface area (TPSA) is 131 Å². The van der Waals surface area contributed by atoms with E-state index in [9.17, 15) is 19.2 Å². The van der Waals surface area contributed by atoms with Gasteiger partial charge >= 0.3 is 18.0 Å². The van der Waals surface area contributed by atoms with Crippen molar-refractivity contribution >= 4 is 23.9 Å². The number of carboxylic acids is 1. The highest BCUT2D eigenvalue weighted by Crippen LogP contribution is 2.44. The van der Waals surface area contributed by atoms with E-state index in [0.29, 0.717) is 0 Å². The van der Waals surface area contributed by atoms with Gasteiger partial charge in [0.1, 0.15) is 19.2 Å². The molecule has 3 N–H and O–H groups in total. The third-order valence-electron chi connectivity index (χ3n) is 5.11. The van der Waals surface area contributed by atoms with Gasteiger partial charge in [0.05, 0.1) is 12.5 Å². The Bertz CT molecular complexity index is 1010. The molecule has 0 saturated heterocycles. The number of aliphatic carboxylic acids is 1. The van der Waals surface area contributed by atoms with E-state index in [0.717, 1.165) is 22.3 Å². The van der Waals surface area contributed by atoms with Crippen LogP contribution in [-0.4, -0.2) is 54.3 Å². The zero-order valence-electron chi connectivity index (χ0n) is 18.4. The molecular formula is C24H26N2O7. The number of carbonyl (C=O) groups excluding carboxylic acids is 3. The third kappa shape index (κ3) is 6.09. The normalized spacial score (nSPS) is 12.9. The summed E-state index contributed by atoms with van der Waals surface area (Å²) < 4.78 is 10.3. The number of amides is 2. The lowest BCUT2D eigenvalue weighted by molar-refractivity contribution is -0.147. The zero-order chi connectivity index (χ0) is 24.0. The van der Waals surface area contributed by atoms with Crippen molar-refractivity contribution in [2.24, 2.45) is 0 Å². The van der Waals surface area contributed by atoms with Crippen LogP contribution in [0.4, 0.5) is 4.79 Å². The quantitative estimate of drug-likeness (QED) is 0.496. The number of hydrogen-bond donors (Lipinski definition) is 3. The molecule has 0 heterocycles. The first-order chi connectivity index (χ1) is 15.8. The maximum Gasteiger partial charge on any atom is 0.407 e. The average molecular weight is 454 g/mol. The molecule has 0 bridgehead atoms. The summed E-state index contributed by atoms with van der Waals surface area (Å²) in [5.74, 6) is -2.97. The second kappa shape index (κ2) is 10.6. The fraction of sp³-hybridized carbons (Fsp3) is 0.333. The number of ether oxygens (including phenoxy) is 2. The Morgan fingerprint density at radius 3 is 2.09 bits per heavy atom. The zero-order valence-corrected chi connectivity index (χ0v) is 18.4. The number of fused-ring (bicyclic) bond motifs is 3. The Morgan fingerprint density at radius 1 is 0.970 bits per heavy atom. The van der Waals surface area contributed by atoms with Crippen LogP contribution in [0.15, 0.2) is 48.5 Å². The SMILES string of the molecule is CC(C)OC(=O)CNC(=O)C(CC(=O)O)NC(=O)OCC1c2ccccc2-c2ccccc21. The molecule has 9 heteroatoms. The molecule has 3 rings (SSSR count). The Kier molecular flexibility index (Phi) is 7.66. The van der Waals surface area contributed by atoms with Gasteiger partial charge in [-0.3, -0.25) is 14.4 Å². The van der Waals surface area contributed by atoms with E-state index in [-0.39, 0.29) is 18.6 Å². The van der Waals surface area contributed by atoms with E-state index in [2.05, 4.69) is 10.6 Å². The van der Waals surface area contributed by atoms with Gasteiger partial charge in [-0.1, -0.05) is 48.5 Å². The van der Waals surface area contributed by atoms with Gasteiger partial charge in [-0.15, -0.1) is 0 Å². The summed E-state index contributed by atoms with van der Waals surface area (Å²) >= 11 is 0. The third-order valence-corrected chi connectivity index (χ3v) is 5.11. The molecule has 1 atom stereocenters. The van der Waals surface area contributed by atoms with Crippen molar-refractivity contribution in [1.29, 1.82) is 0 Å². The van der Waals surface area contributed by atoms with E-state index >= 15 is 0 Å². The largest absolute Gasteiger partial charge is 0.481 e. The molecule has 0 saturated carbocycles. The van der Waals surface area contributed by atoms with Crippen LogP contribution in [0.1, 0.15) is 37.3 Å². The smallest absolute Gasteiger partial charge is 0.407 e. The van der Waals surface area contributed by atoms with Gasteiger partial charge in [0.15, 0.2) is 0 Å². The van der Waals surface area contributed by atoms with Crippen molar-refractivity contribution in [2.75, 3.05) is 13.2 Å². The van der Waals surface area contributed by atoms with Crippen LogP contribution >= 0.6 is 0 Å². The first-order valence-electron chi connectivity index (χ1n) is 10.6. The Hall–Kier alpha value is -3.88. The average Bonchev–Trinajstić information content (AvgIpc) is 3.08. The van der Waals surface area contributed by atoms with Crippen molar-refractivity contribution in [1.82, 2.24) is 10.6 Å². The van der Waals surface area contributed by atoms with Crippen LogP contribution in [0, 0.1) is 0 Å². The molecule has 0 radical (unpaired) electrons. The summed E-state index contributed by atoms with van der Waals surface area (Å²) in [5.41, 5.74) is 4.18. The van der Waals surface area contributed by atoms with Gasteiger partial charge in [-0.05, 0) is 36.1 Å². The van der Waals surface area contributed by atoms with Crippen LogP contribution in [0.5, 0.6) is 0 Å². The predicted molar refractivity (Wildman–Crippen MR) is 118 cm³/mol. The Morgan fingerprint density at radius 2 is 1.55 bits per heavy atom.